The molecule has 32 heavy (non-hydrogen) atoms. The second kappa shape index (κ2) is 13.2. The maximum absolute atomic E-state index is 11.4. The Morgan fingerprint density at radius 3 is 2.50 bits per heavy atom. The van der Waals surface area contributed by atoms with Crippen molar-refractivity contribution in [3.05, 3.63) is 59.9 Å². The van der Waals surface area contributed by atoms with Gasteiger partial charge in [-0.1, -0.05) is 0 Å². The van der Waals surface area contributed by atoms with Gasteiger partial charge in [0.05, 0.1) is 19.3 Å². The summed E-state index contributed by atoms with van der Waals surface area (Å²) in [4.78, 5) is 37.0. The molecule has 2 rings (SSSR count). The Morgan fingerprint density at radius 2 is 1.91 bits per heavy atom. The zero-order chi connectivity index (χ0) is 24.1. The second-order valence-electron chi connectivity index (χ2n) is 5.88. The number of nitrogens with one attached hydrogen (secondary N) is 1. The molecule has 0 spiro atoms. The molecule has 0 aliphatic carbocycles. The summed E-state index contributed by atoms with van der Waals surface area (Å²) in [6, 6.07) is 7.42. The van der Waals surface area contributed by atoms with Gasteiger partial charge in [-0.25, -0.2) is 9.59 Å². The smallest absolute Gasteiger partial charge is 0.339 e. The first kappa shape index (κ1) is 26.8. The molecule has 3 N–H and O–H groups in total. The Labute approximate surface area is 186 Å². The zero-order valence-corrected chi connectivity index (χ0v) is 19.4. The van der Waals surface area contributed by atoms with E-state index in [4.69, 9.17) is 9.99 Å². The molecule has 0 saturated carbocycles. The number of pyridine rings is 1. The number of anilines is 1. The third-order valence-corrected chi connectivity index (χ3v) is 6.07. The predicted molar refractivity (Wildman–Crippen MR) is 114 cm³/mol. The monoisotopic (exact) mass is 510 g/mol. The maximum Gasteiger partial charge on any atom is 0.339 e. The number of amides is 1. The first-order chi connectivity index (χ1) is 15.1. The fourth-order valence-corrected chi connectivity index (χ4v) is 3.87. The Kier molecular flexibility index (Phi) is 11.1. The van der Waals surface area contributed by atoms with Crippen molar-refractivity contribution in [2.45, 2.75) is 13.8 Å². The average molecular weight is 510 g/mol. The van der Waals surface area contributed by atoms with Gasteiger partial charge in [0.1, 0.15) is 0 Å². The number of methoxy groups -OCH3 is 1. The summed E-state index contributed by atoms with van der Waals surface area (Å²) < 4.78 is 33.4. The summed E-state index contributed by atoms with van der Waals surface area (Å²) in [6.07, 6.45) is 5.73. The molecule has 0 aliphatic heterocycles. The number of aromatic nitrogens is 1. The maximum atomic E-state index is 11.4. The van der Waals surface area contributed by atoms with Crippen LogP contribution in [0.2, 0.25) is 0 Å². The minimum Gasteiger partial charge on any atom is -0.465 e. The van der Waals surface area contributed by atoms with Gasteiger partial charge in [-0.15, -0.1) is 0 Å². The summed E-state index contributed by atoms with van der Waals surface area (Å²) in [5.74, 6) is -1.28. The van der Waals surface area contributed by atoms with Crippen molar-refractivity contribution in [1.29, 1.82) is 0 Å². The summed E-state index contributed by atoms with van der Waals surface area (Å²) in [5.41, 5.74) is 1.11. The number of esters is 2. The van der Waals surface area contributed by atoms with Crippen LogP contribution in [0.4, 0.5) is 5.69 Å². The second-order valence-corrected chi connectivity index (χ2v) is 9.42. The molecule has 0 saturated heterocycles. The number of carbonyl (C=O) groups is 3. The molecule has 1 aromatic carbocycles. The van der Waals surface area contributed by atoms with E-state index in [-0.39, 0.29) is 15.9 Å². The third-order valence-electron chi connectivity index (χ3n) is 3.51. The van der Waals surface area contributed by atoms with Crippen molar-refractivity contribution >= 4 is 48.1 Å². The molecule has 12 heteroatoms. The molecule has 11 nitrogen and oxygen atoms in total. The van der Waals surface area contributed by atoms with Crippen molar-refractivity contribution in [3.63, 3.8) is 0 Å². The molecule has 0 bridgehead atoms. The third kappa shape index (κ3) is 8.86. The molecule has 2 aromatic rings. The predicted octanol–water partition coefficient (Wildman–Crippen LogP) is 1.15. The van der Waals surface area contributed by atoms with E-state index >= 15 is 0 Å². The van der Waals surface area contributed by atoms with E-state index in [0.717, 1.165) is 0 Å². The van der Waals surface area contributed by atoms with Crippen LogP contribution in [0.25, 0.3) is 6.08 Å². The van der Waals surface area contributed by atoms with Crippen LogP contribution in [0.5, 0.6) is 0 Å². The Balaban J connectivity index is 0.000000323. The standard InChI is InChI=1S/C12H13NO4.C8H10AsNO5/c1-3-17-11(14)5-4-9-6-10(8-13-7-9)12(15)16-2;1-6(11)10-8-5-3-2-4-7(8)9(12,13)15-14/h4-8H,3H2,1-2H3;2-5,14H,1H3,(H,10,11)(H,12,13). The van der Waals surface area contributed by atoms with E-state index in [1.165, 1.54) is 56.8 Å². The van der Waals surface area contributed by atoms with Gasteiger partial charge in [0, 0.05) is 18.5 Å². The number of nitrogens with zero attached hydrogens (tertiary/aromatic N) is 1. The van der Waals surface area contributed by atoms with Crippen LogP contribution < -0.4 is 9.67 Å². The minimum atomic E-state index is -4.92. The van der Waals surface area contributed by atoms with Crippen molar-refractivity contribution < 1.29 is 40.8 Å². The molecule has 1 heterocycles. The number of para-hydroxylation sites is 1. The fourth-order valence-electron chi connectivity index (χ4n) is 2.19. The topological polar surface area (TPSA) is 161 Å². The summed E-state index contributed by atoms with van der Waals surface area (Å²) >= 11 is -4.92. The Morgan fingerprint density at radius 1 is 1.22 bits per heavy atom. The zero-order valence-electron chi connectivity index (χ0n) is 17.5. The fraction of sp³-hybridized carbons (Fsp3) is 0.200. The summed E-state index contributed by atoms with van der Waals surface area (Å²) in [5, 5.41) is 10.7. The van der Waals surface area contributed by atoms with Crippen LogP contribution in [0.1, 0.15) is 29.8 Å². The number of rotatable bonds is 7. The normalized spacial score (nSPS) is 12.2. The minimum absolute atomic E-state index is 0.103. The number of ether oxygens (including phenoxy) is 2. The molecular formula is C20H23AsN2O9. The van der Waals surface area contributed by atoms with Crippen molar-refractivity contribution in [2.75, 3.05) is 19.0 Å². The van der Waals surface area contributed by atoms with Crippen molar-refractivity contribution in [2.24, 2.45) is 0 Å². The molecule has 1 unspecified atom stereocenters. The number of hydrogen-bond donors (Lipinski definition) is 3. The van der Waals surface area contributed by atoms with Gasteiger partial charge in [-0.3, -0.25) is 4.98 Å². The number of hydrogen-bond acceptors (Lipinski definition) is 9. The Bertz CT molecular complexity index is 1020. The van der Waals surface area contributed by atoms with Crippen LogP contribution in [0.3, 0.4) is 0 Å². The average Bonchev–Trinajstić information content (AvgIpc) is 2.78. The quantitative estimate of drug-likeness (QED) is 0.162. The number of carbonyl (C=O) groups excluding carboxylic acids is 3. The molecule has 1 amide bonds. The van der Waals surface area contributed by atoms with E-state index < -0.39 is 26.1 Å². The largest absolute Gasteiger partial charge is 0.465 e. The van der Waals surface area contributed by atoms with Gasteiger partial charge in [-0.05, 0) is 24.6 Å². The first-order valence-corrected chi connectivity index (χ1v) is 12.4. The van der Waals surface area contributed by atoms with E-state index in [2.05, 4.69) is 18.9 Å². The summed E-state index contributed by atoms with van der Waals surface area (Å²) in [6.45, 7) is 3.32. The van der Waals surface area contributed by atoms with Crippen LogP contribution >= 0.6 is 0 Å². The van der Waals surface area contributed by atoms with E-state index in [1.807, 2.05) is 0 Å². The van der Waals surface area contributed by atoms with Gasteiger partial charge >= 0.3 is 100 Å². The van der Waals surface area contributed by atoms with Crippen LogP contribution in [0.15, 0.2) is 48.8 Å². The molecule has 1 aromatic heterocycles. The van der Waals surface area contributed by atoms with Crippen LogP contribution in [-0.2, 0) is 26.7 Å². The van der Waals surface area contributed by atoms with E-state index in [0.29, 0.717) is 17.7 Å². The molecule has 0 fully saturated rings. The van der Waals surface area contributed by atoms with Crippen molar-refractivity contribution in [1.82, 2.24) is 4.98 Å². The van der Waals surface area contributed by atoms with Gasteiger partial charge in [-0.2, -0.15) is 0 Å². The van der Waals surface area contributed by atoms with E-state index in [1.54, 1.807) is 19.1 Å². The van der Waals surface area contributed by atoms with Gasteiger partial charge < -0.3 is 9.47 Å². The Hall–Kier alpha value is -3.24. The molecule has 1 atom stereocenters. The molecular weight excluding hydrogens is 487 g/mol. The summed E-state index contributed by atoms with van der Waals surface area (Å²) in [7, 11) is 1.30. The molecule has 0 aliphatic rings. The first-order valence-electron chi connectivity index (χ1n) is 9.06. The van der Waals surface area contributed by atoms with Gasteiger partial charge in [0.2, 0.25) is 0 Å². The van der Waals surface area contributed by atoms with Crippen LogP contribution in [-0.4, -0.2) is 60.1 Å². The van der Waals surface area contributed by atoms with E-state index in [9.17, 15) is 22.2 Å². The molecule has 172 valence electrons. The molecule has 0 radical (unpaired) electrons. The van der Waals surface area contributed by atoms with Gasteiger partial charge in [0.15, 0.2) is 0 Å². The van der Waals surface area contributed by atoms with Crippen molar-refractivity contribution in [3.8, 4) is 0 Å². The van der Waals surface area contributed by atoms with Crippen LogP contribution in [0, 0.1) is 0 Å². The SMILES string of the molecule is CC(=O)Nc1ccccc1[As](=O)(O)OO.CCOC(=O)C=Cc1cncc(C(=O)OC)c1. The van der Waals surface area contributed by atoms with Gasteiger partial charge in [0.25, 0.3) is 0 Å². The number of benzene rings is 1.